The topological polar surface area (TPSA) is 28.2 Å². The number of nitrogens with zero attached hydrogens (tertiary/aromatic N) is 2. The second kappa shape index (κ2) is 5.19. The lowest BCUT2D eigenvalue weighted by molar-refractivity contribution is 1.11. The van der Waals surface area contributed by atoms with Crippen molar-refractivity contribution >= 4 is 22.7 Å². The SMILES string of the molecule is Cc1ncsc1CNc1ccc(N(C)C)cc1. The fourth-order valence-corrected chi connectivity index (χ4v) is 2.27. The molecular weight excluding hydrogens is 230 g/mol. The number of hydrogen-bond acceptors (Lipinski definition) is 4. The molecule has 0 atom stereocenters. The second-order valence-electron chi connectivity index (χ2n) is 4.16. The molecule has 4 heteroatoms. The second-order valence-corrected chi connectivity index (χ2v) is 5.10. The number of aryl methyl sites for hydroxylation is 1. The summed E-state index contributed by atoms with van der Waals surface area (Å²) in [6.45, 7) is 2.89. The zero-order valence-electron chi connectivity index (χ0n) is 10.4. The molecule has 1 N–H and O–H groups in total. The van der Waals surface area contributed by atoms with Crippen LogP contribution in [0.3, 0.4) is 0 Å². The van der Waals surface area contributed by atoms with Gasteiger partial charge in [0.2, 0.25) is 0 Å². The summed E-state index contributed by atoms with van der Waals surface area (Å²) in [5.41, 5.74) is 5.36. The van der Waals surface area contributed by atoms with Crippen LogP contribution < -0.4 is 10.2 Å². The first kappa shape index (κ1) is 11.9. The maximum absolute atomic E-state index is 4.24. The van der Waals surface area contributed by atoms with Crippen molar-refractivity contribution in [2.75, 3.05) is 24.3 Å². The molecule has 0 radical (unpaired) electrons. The van der Waals surface area contributed by atoms with Gasteiger partial charge >= 0.3 is 0 Å². The Labute approximate surface area is 106 Å². The molecule has 1 aromatic carbocycles. The molecule has 0 unspecified atom stereocenters. The normalized spacial score (nSPS) is 10.3. The van der Waals surface area contributed by atoms with E-state index in [2.05, 4.69) is 39.5 Å². The minimum absolute atomic E-state index is 0.845. The molecule has 2 aromatic rings. The summed E-state index contributed by atoms with van der Waals surface area (Å²) in [5, 5.41) is 3.41. The zero-order chi connectivity index (χ0) is 12.3. The average molecular weight is 247 g/mol. The molecule has 0 saturated carbocycles. The van der Waals surface area contributed by atoms with Gasteiger partial charge < -0.3 is 10.2 Å². The van der Waals surface area contributed by atoms with Gasteiger partial charge in [0, 0.05) is 30.3 Å². The molecule has 0 spiro atoms. The molecule has 1 aromatic heterocycles. The van der Waals surface area contributed by atoms with Crippen molar-refractivity contribution < 1.29 is 0 Å². The van der Waals surface area contributed by atoms with Crippen LogP contribution in [-0.2, 0) is 6.54 Å². The maximum atomic E-state index is 4.24. The Morgan fingerprint density at radius 2 is 1.94 bits per heavy atom. The van der Waals surface area contributed by atoms with Crippen LogP contribution in [0.25, 0.3) is 0 Å². The third-order valence-electron chi connectivity index (χ3n) is 2.68. The summed E-state index contributed by atoms with van der Waals surface area (Å²) >= 11 is 1.69. The quantitative estimate of drug-likeness (QED) is 0.899. The molecule has 0 saturated heterocycles. The number of aromatic nitrogens is 1. The average Bonchev–Trinajstić information content (AvgIpc) is 2.73. The molecule has 90 valence electrons. The van der Waals surface area contributed by atoms with Crippen molar-refractivity contribution in [2.45, 2.75) is 13.5 Å². The Kier molecular flexibility index (Phi) is 3.64. The van der Waals surface area contributed by atoms with E-state index >= 15 is 0 Å². The van der Waals surface area contributed by atoms with Crippen LogP contribution in [0.1, 0.15) is 10.6 Å². The summed E-state index contributed by atoms with van der Waals surface area (Å²) in [6.07, 6.45) is 0. The Bertz CT molecular complexity index is 474. The fraction of sp³-hybridized carbons (Fsp3) is 0.308. The van der Waals surface area contributed by atoms with Gasteiger partial charge in [0.25, 0.3) is 0 Å². The van der Waals surface area contributed by atoms with E-state index in [4.69, 9.17) is 0 Å². The molecule has 3 nitrogen and oxygen atoms in total. The van der Waals surface area contributed by atoms with Crippen molar-refractivity contribution in [2.24, 2.45) is 0 Å². The van der Waals surface area contributed by atoms with Gasteiger partial charge in [-0.3, -0.25) is 0 Å². The molecule has 2 rings (SSSR count). The van der Waals surface area contributed by atoms with Gasteiger partial charge in [-0.15, -0.1) is 11.3 Å². The monoisotopic (exact) mass is 247 g/mol. The van der Waals surface area contributed by atoms with Crippen LogP contribution in [0.5, 0.6) is 0 Å². The van der Waals surface area contributed by atoms with Crippen LogP contribution >= 0.6 is 11.3 Å². The van der Waals surface area contributed by atoms with Crippen LogP contribution in [0.4, 0.5) is 11.4 Å². The molecule has 0 bridgehead atoms. The predicted molar refractivity (Wildman–Crippen MR) is 74.9 cm³/mol. The maximum Gasteiger partial charge on any atom is 0.0798 e. The largest absolute Gasteiger partial charge is 0.380 e. The fourth-order valence-electron chi connectivity index (χ4n) is 1.56. The third-order valence-corrected chi connectivity index (χ3v) is 3.62. The van der Waals surface area contributed by atoms with E-state index in [1.54, 1.807) is 11.3 Å². The van der Waals surface area contributed by atoms with E-state index < -0.39 is 0 Å². The van der Waals surface area contributed by atoms with Crippen molar-refractivity contribution in [1.82, 2.24) is 4.98 Å². The van der Waals surface area contributed by atoms with Gasteiger partial charge in [0.05, 0.1) is 17.7 Å². The van der Waals surface area contributed by atoms with Gasteiger partial charge in [-0.05, 0) is 31.2 Å². The first-order valence-electron chi connectivity index (χ1n) is 5.57. The molecule has 0 aliphatic heterocycles. The van der Waals surface area contributed by atoms with Crippen molar-refractivity contribution in [3.05, 3.63) is 40.3 Å². The summed E-state index contributed by atoms with van der Waals surface area (Å²) in [7, 11) is 4.09. The molecule has 17 heavy (non-hydrogen) atoms. The van der Waals surface area contributed by atoms with E-state index in [0.29, 0.717) is 0 Å². The number of anilines is 2. The lowest BCUT2D eigenvalue weighted by atomic mass is 10.2. The highest BCUT2D eigenvalue weighted by atomic mass is 32.1. The highest BCUT2D eigenvalue weighted by molar-refractivity contribution is 7.09. The Morgan fingerprint density at radius 3 is 2.47 bits per heavy atom. The van der Waals surface area contributed by atoms with E-state index in [-0.39, 0.29) is 0 Å². The molecule has 0 fully saturated rings. The molecule has 0 aliphatic rings. The van der Waals surface area contributed by atoms with Gasteiger partial charge in [-0.2, -0.15) is 0 Å². The Balaban J connectivity index is 1.98. The van der Waals surface area contributed by atoms with E-state index in [1.807, 2.05) is 26.5 Å². The minimum atomic E-state index is 0.845. The van der Waals surface area contributed by atoms with Crippen molar-refractivity contribution in [3.63, 3.8) is 0 Å². The van der Waals surface area contributed by atoms with Crippen LogP contribution in [0.2, 0.25) is 0 Å². The van der Waals surface area contributed by atoms with Gasteiger partial charge in [0.15, 0.2) is 0 Å². The molecule has 1 heterocycles. The molecule has 0 aliphatic carbocycles. The van der Waals surface area contributed by atoms with Gasteiger partial charge in [0.1, 0.15) is 0 Å². The standard InChI is InChI=1S/C13H17N3S/c1-10-13(17-9-15-10)8-14-11-4-6-12(7-5-11)16(2)3/h4-7,9,14H,8H2,1-3H3. The van der Waals surface area contributed by atoms with E-state index in [0.717, 1.165) is 17.9 Å². The highest BCUT2D eigenvalue weighted by Crippen LogP contribution is 2.18. The van der Waals surface area contributed by atoms with Crippen LogP contribution in [0.15, 0.2) is 29.8 Å². The summed E-state index contributed by atoms with van der Waals surface area (Å²) < 4.78 is 0. The number of benzene rings is 1. The van der Waals surface area contributed by atoms with E-state index in [1.165, 1.54) is 10.6 Å². The smallest absolute Gasteiger partial charge is 0.0798 e. The number of rotatable bonds is 4. The molecular formula is C13H17N3S. The first-order chi connectivity index (χ1) is 8.16. The van der Waals surface area contributed by atoms with Crippen molar-refractivity contribution in [1.29, 1.82) is 0 Å². The third kappa shape index (κ3) is 2.97. The minimum Gasteiger partial charge on any atom is -0.380 e. The van der Waals surface area contributed by atoms with Crippen LogP contribution in [0, 0.1) is 6.92 Å². The number of thiazole rings is 1. The number of nitrogens with one attached hydrogen (secondary N) is 1. The Morgan fingerprint density at radius 1 is 1.24 bits per heavy atom. The summed E-state index contributed by atoms with van der Waals surface area (Å²) in [6, 6.07) is 8.43. The van der Waals surface area contributed by atoms with Crippen LogP contribution in [-0.4, -0.2) is 19.1 Å². The van der Waals surface area contributed by atoms with Crippen molar-refractivity contribution in [3.8, 4) is 0 Å². The zero-order valence-corrected chi connectivity index (χ0v) is 11.2. The van der Waals surface area contributed by atoms with Gasteiger partial charge in [-0.1, -0.05) is 0 Å². The number of hydrogen-bond donors (Lipinski definition) is 1. The lowest BCUT2D eigenvalue weighted by Crippen LogP contribution is -2.08. The Hall–Kier alpha value is -1.55. The summed E-state index contributed by atoms with van der Waals surface area (Å²) in [4.78, 5) is 7.63. The summed E-state index contributed by atoms with van der Waals surface area (Å²) in [5.74, 6) is 0. The molecule has 0 amide bonds. The van der Waals surface area contributed by atoms with E-state index in [9.17, 15) is 0 Å². The first-order valence-corrected chi connectivity index (χ1v) is 6.45. The predicted octanol–water partition coefficient (Wildman–Crippen LogP) is 3.13. The lowest BCUT2D eigenvalue weighted by Gasteiger charge is -2.13. The highest BCUT2D eigenvalue weighted by Gasteiger charge is 2.01. The van der Waals surface area contributed by atoms with Gasteiger partial charge in [-0.25, -0.2) is 4.98 Å².